The van der Waals surface area contributed by atoms with Crippen LogP contribution in [0.2, 0.25) is 0 Å². The molecule has 1 fully saturated rings. The Bertz CT molecular complexity index is 1920. The molecule has 56 heavy (non-hydrogen) atoms. The van der Waals surface area contributed by atoms with Crippen molar-refractivity contribution in [2.24, 2.45) is 0 Å². The number of aromatic hydroxyl groups is 1. The van der Waals surface area contributed by atoms with Crippen molar-refractivity contribution in [3.63, 3.8) is 0 Å². The third-order valence-corrected chi connectivity index (χ3v) is 8.56. The van der Waals surface area contributed by atoms with Gasteiger partial charge in [-0.3, -0.25) is 48.5 Å². The van der Waals surface area contributed by atoms with E-state index in [1.54, 1.807) is 32.0 Å². The fourth-order valence-corrected chi connectivity index (χ4v) is 5.47. The first-order valence-electron chi connectivity index (χ1n) is 16.8. The van der Waals surface area contributed by atoms with E-state index < -0.39 is 132 Å². The van der Waals surface area contributed by atoms with Gasteiger partial charge in [0.15, 0.2) is 18.1 Å². The largest absolute Gasteiger partial charge is 0.502 e. The number of aryl methyl sites for hydroxylation is 2. The normalized spacial score (nSPS) is 14.1. The quantitative estimate of drug-likeness (QED) is 0.0462. The van der Waals surface area contributed by atoms with Gasteiger partial charge in [0.1, 0.15) is 23.7 Å². The molecule has 1 saturated carbocycles. The lowest BCUT2D eigenvalue weighted by Gasteiger charge is -2.26. The molecular weight excluding hydrogens is 746 g/mol. The Kier molecular flexibility index (Phi) is 14.7. The molecule has 0 spiro atoms. The van der Waals surface area contributed by atoms with E-state index in [1.165, 1.54) is 6.07 Å². The SMILES string of the molecule is Cc1cccc(C)c1C(=O)OCC(=O)[C@H](CC(=O)O)NC(=O)C1(NC(=O)[C@H](CCC(=O)O)NC(=O)[C@H](CC(=O)O)NC(=O)Cc2ccc(O)c([N+](=O)[O-])c2)CC1. The van der Waals surface area contributed by atoms with Crippen LogP contribution in [-0.4, -0.2) is 109 Å². The summed E-state index contributed by atoms with van der Waals surface area (Å²) in [5, 5.41) is 57.7. The van der Waals surface area contributed by atoms with Gasteiger partial charge in [0, 0.05) is 12.5 Å². The average Bonchev–Trinajstić information content (AvgIpc) is 3.88. The molecule has 0 radical (unpaired) electrons. The average molecular weight is 786 g/mol. The molecule has 21 nitrogen and oxygen atoms in total. The predicted molar refractivity (Wildman–Crippen MR) is 187 cm³/mol. The van der Waals surface area contributed by atoms with Crippen LogP contribution in [0.3, 0.4) is 0 Å². The highest BCUT2D eigenvalue weighted by Gasteiger charge is 2.52. The van der Waals surface area contributed by atoms with Gasteiger partial charge in [0.2, 0.25) is 23.6 Å². The second-order valence-electron chi connectivity index (χ2n) is 13.0. The van der Waals surface area contributed by atoms with Crippen LogP contribution < -0.4 is 21.3 Å². The topological polar surface area (TPSA) is 335 Å². The molecule has 0 aliphatic heterocycles. The lowest BCUT2D eigenvalue weighted by atomic mass is 10.0. The smallest absolute Gasteiger partial charge is 0.339 e. The number of ether oxygens (including phenoxy) is 1. The summed E-state index contributed by atoms with van der Waals surface area (Å²) in [6, 6.07) is 2.72. The third-order valence-electron chi connectivity index (χ3n) is 8.56. The summed E-state index contributed by atoms with van der Waals surface area (Å²) >= 11 is 0. The number of hydrogen-bond acceptors (Lipinski definition) is 13. The maximum atomic E-state index is 13.4. The van der Waals surface area contributed by atoms with E-state index in [4.69, 9.17) is 4.74 Å². The number of carboxylic acids is 3. The fraction of sp³-hybridized carbons (Fsp3) is 0.400. The van der Waals surface area contributed by atoms with Crippen molar-refractivity contribution in [2.45, 2.75) is 82.5 Å². The Morgan fingerprint density at radius 3 is 1.98 bits per heavy atom. The van der Waals surface area contributed by atoms with Crippen molar-refractivity contribution in [2.75, 3.05) is 6.61 Å². The van der Waals surface area contributed by atoms with Crippen molar-refractivity contribution in [1.29, 1.82) is 0 Å². The number of Topliss-reactive ketones (excluding diaryl/α,β-unsaturated/α-hetero) is 1. The highest BCUT2D eigenvalue weighted by Crippen LogP contribution is 2.36. The van der Waals surface area contributed by atoms with E-state index in [0.29, 0.717) is 11.1 Å². The number of nitrogens with zero attached hydrogens (tertiary/aromatic N) is 1. The molecule has 0 aromatic heterocycles. The summed E-state index contributed by atoms with van der Waals surface area (Å²) in [6.45, 7) is 2.38. The number of esters is 1. The fourth-order valence-electron chi connectivity index (χ4n) is 5.47. The molecule has 0 bridgehead atoms. The van der Waals surface area contributed by atoms with Crippen LogP contribution in [0.1, 0.15) is 65.6 Å². The van der Waals surface area contributed by atoms with E-state index in [1.807, 2.05) is 0 Å². The molecule has 300 valence electrons. The molecule has 3 atom stereocenters. The van der Waals surface area contributed by atoms with Crippen LogP contribution in [0.5, 0.6) is 5.75 Å². The number of amides is 4. The van der Waals surface area contributed by atoms with E-state index >= 15 is 0 Å². The number of carboxylic acid groups (broad SMARTS) is 3. The van der Waals surface area contributed by atoms with Crippen molar-refractivity contribution >= 4 is 59.0 Å². The molecular formula is C35H39N5O16. The molecule has 2 aromatic carbocycles. The van der Waals surface area contributed by atoms with Gasteiger partial charge in [-0.25, -0.2) is 4.79 Å². The lowest BCUT2D eigenvalue weighted by Crippen LogP contribution is -2.59. The van der Waals surface area contributed by atoms with Crippen LogP contribution in [0.25, 0.3) is 0 Å². The summed E-state index contributed by atoms with van der Waals surface area (Å²) < 4.78 is 5.10. The number of carbonyl (C=O) groups excluding carboxylic acids is 6. The number of phenols is 1. The summed E-state index contributed by atoms with van der Waals surface area (Å²) in [7, 11) is 0. The van der Waals surface area contributed by atoms with Gasteiger partial charge in [0.05, 0.1) is 29.7 Å². The van der Waals surface area contributed by atoms with Crippen molar-refractivity contribution in [3.05, 3.63) is 68.8 Å². The molecule has 4 amide bonds. The van der Waals surface area contributed by atoms with Crippen LogP contribution in [0.4, 0.5) is 5.69 Å². The number of rotatable bonds is 21. The van der Waals surface area contributed by atoms with E-state index in [2.05, 4.69) is 21.3 Å². The number of carbonyl (C=O) groups is 9. The van der Waals surface area contributed by atoms with Crippen molar-refractivity contribution in [1.82, 2.24) is 21.3 Å². The molecule has 0 saturated heterocycles. The summed E-state index contributed by atoms with van der Waals surface area (Å²) in [4.78, 5) is 123. The standard InChI is InChI=1S/C35H39N5O16/c1-17-4-3-5-18(2)30(17)33(52)56-16-25(42)21(14-28(46)47)38-34(53)35(10-11-35)39-32(51)20(7-9-27(44)45)37-31(50)22(15-29(48)49)36-26(43)13-19-6-8-24(41)23(12-19)40(54)55/h3-6,8,12,20-22,41H,7,9-11,13-16H2,1-2H3,(H,36,43)(H,37,50)(H,38,53)(H,39,51)(H,44,45)(H,46,47)(H,48,49)/t20-,21-,22-/m0/s1. The van der Waals surface area contributed by atoms with Gasteiger partial charge in [-0.05, 0) is 55.9 Å². The number of nitro benzene ring substituents is 1. The van der Waals surface area contributed by atoms with Gasteiger partial charge < -0.3 is 46.4 Å². The minimum Gasteiger partial charge on any atom is -0.502 e. The van der Waals surface area contributed by atoms with Gasteiger partial charge in [-0.2, -0.15) is 0 Å². The van der Waals surface area contributed by atoms with Gasteiger partial charge in [0.25, 0.3) is 0 Å². The Morgan fingerprint density at radius 2 is 1.43 bits per heavy atom. The van der Waals surface area contributed by atoms with E-state index in [-0.39, 0.29) is 24.0 Å². The van der Waals surface area contributed by atoms with E-state index in [9.17, 15) is 73.7 Å². The van der Waals surface area contributed by atoms with Gasteiger partial charge >= 0.3 is 29.6 Å². The number of nitrogens with one attached hydrogen (secondary N) is 4. The van der Waals surface area contributed by atoms with Gasteiger partial charge in [-0.1, -0.05) is 24.3 Å². The molecule has 0 heterocycles. The van der Waals surface area contributed by atoms with Crippen LogP contribution in [-0.2, 0) is 49.5 Å². The summed E-state index contributed by atoms with van der Waals surface area (Å²) in [6.07, 6.45) is -3.91. The van der Waals surface area contributed by atoms with E-state index in [0.717, 1.165) is 12.1 Å². The Morgan fingerprint density at radius 1 is 0.821 bits per heavy atom. The minimum atomic E-state index is -1.85. The monoisotopic (exact) mass is 785 g/mol. The summed E-state index contributed by atoms with van der Waals surface area (Å²) in [5.74, 6) is -11.4. The predicted octanol–water partition coefficient (Wildman–Crippen LogP) is -0.197. The minimum absolute atomic E-state index is 0.0128. The van der Waals surface area contributed by atoms with Crippen LogP contribution >= 0.6 is 0 Å². The first-order valence-corrected chi connectivity index (χ1v) is 16.8. The number of hydrogen-bond donors (Lipinski definition) is 8. The number of ketones is 1. The Balaban J connectivity index is 1.72. The number of phenolic OH excluding ortho intramolecular Hbond substituents is 1. The molecule has 1 aliphatic carbocycles. The Hall–Kier alpha value is -6.93. The maximum absolute atomic E-state index is 13.4. The third kappa shape index (κ3) is 12.3. The zero-order valence-electron chi connectivity index (χ0n) is 30.0. The number of benzene rings is 2. The molecule has 21 heteroatoms. The Labute approximate surface area is 316 Å². The first kappa shape index (κ1) is 43.5. The molecule has 2 aromatic rings. The highest BCUT2D eigenvalue weighted by molar-refractivity contribution is 6.01. The number of nitro groups is 1. The van der Waals surface area contributed by atoms with Crippen molar-refractivity contribution in [3.8, 4) is 5.75 Å². The molecule has 3 rings (SSSR count). The maximum Gasteiger partial charge on any atom is 0.339 e. The molecule has 8 N–H and O–H groups in total. The molecule has 0 unspecified atom stereocenters. The summed E-state index contributed by atoms with van der Waals surface area (Å²) in [5.41, 5.74) is -1.13. The highest BCUT2D eigenvalue weighted by atomic mass is 16.6. The van der Waals surface area contributed by atoms with Crippen molar-refractivity contribution < 1.29 is 73.2 Å². The second-order valence-corrected chi connectivity index (χ2v) is 13.0. The van der Waals surface area contributed by atoms with Crippen LogP contribution in [0.15, 0.2) is 36.4 Å². The second kappa shape index (κ2) is 18.9. The van der Waals surface area contributed by atoms with Crippen LogP contribution in [0, 0.1) is 24.0 Å². The first-order chi connectivity index (χ1) is 26.2. The lowest BCUT2D eigenvalue weighted by molar-refractivity contribution is -0.385. The zero-order valence-corrected chi connectivity index (χ0v) is 30.0. The van der Waals surface area contributed by atoms with Gasteiger partial charge in [-0.15, -0.1) is 0 Å². The molecule has 1 aliphatic rings. The zero-order chi connectivity index (χ0) is 41.9. The number of aliphatic carboxylic acids is 3.